The van der Waals surface area contributed by atoms with E-state index in [0.29, 0.717) is 5.88 Å². The average Bonchev–Trinajstić information content (AvgIpc) is 3.28. The number of hydrogen-bond acceptors (Lipinski definition) is 3. The molecule has 1 aliphatic rings. The fraction of sp³-hybridized carbons (Fsp3) is 0.625. The summed E-state index contributed by atoms with van der Waals surface area (Å²) < 4.78 is 6.64. The van der Waals surface area contributed by atoms with Crippen LogP contribution in [0, 0.1) is 12.8 Å². The van der Waals surface area contributed by atoms with E-state index in [1.807, 2.05) is 31.3 Å². The Labute approximate surface area is 135 Å². The summed E-state index contributed by atoms with van der Waals surface area (Å²) in [5.74, 6) is 1.63. The van der Waals surface area contributed by atoms with Gasteiger partial charge in [0.05, 0.1) is 28.8 Å². The molecule has 1 fully saturated rings. The lowest BCUT2D eigenvalue weighted by Crippen LogP contribution is -2.14. The van der Waals surface area contributed by atoms with Crippen LogP contribution in [0.2, 0.25) is 0 Å². The molecule has 0 spiro atoms. The number of halogens is 1. The van der Waals surface area contributed by atoms with Crippen LogP contribution < -0.4 is 4.74 Å². The third kappa shape index (κ3) is 5.30. The minimum atomic E-state index is 0.672. The molecule has 2 rings (SSSR count). The average molecular weight is 354 g/mol. The number of pyridine rings is 1. The van der Waals surface area contributed by atoms with Crippen LogP contribution >= 0.6 is 15.9 Å². The van der Waals surface area contributed by atoms with Crippen molar-refractivity contribution in [2.75, 3.05) is 20.2 Å². The normalized spacial score (nSPS) is 14.7. The highest BCUT2D eigenvalue weighted by molar-refractivity contribution is 9.10. The van der Waals surface area contributed by atoms with Gasteiger partial charge in [0.2, 0.25) is 5.88 Å². The van der Waals surface area contributed by atoms with Gasteiger partial charge in [-0.3, -0.25) is 0 Å². The zero-order valence-electron chi connectivity index (χ0n) is 13.1. The number of aryl methyl sites for hydroxylation is 1. The van der Waals surface area contributed by atoms with Gasteiger partial charge in [0.1, 0.15) is 0 Å². The first-order chi connectivity index (χ1) is 10.1. The Morgan fingerprint density at radius 3 is 2.95 bits per heavy atom. The monoisotopic (exact) mass is 353 g/mol. The molecule has 1 aromatic rings. The molecule has 0 aliphatic heterocycles. The predicted molar refractivity (Wildman–Crippen MR) is 90.6 cm³/mol. The van der Waals surface area contributed by atoms with Gasteiger partial charge in [-0.15, -0.1) is 0 Å². The maximum absolute atomic E-state index is 5.78. The smallest absolute Gasteiger partial charge is 0.228 e. The number of nitrogens with zero attached hydrogens (tertiary/aromatic N) is 3. The summed E-state index contributed by atoms with van der Waals surface area (Å²) in [5, 5.41) is 0. The third-order valence-electron chi connectivity index (χ3n) is 3.69. The van der Waals surface area contributed by atoms with E-state index in [0.717, 1.165) is 41.3 Å². The van der Waals surface area contributed by atoms with Crippen molar-refractivity contribution < 1.29 is 4.74 Å². The molecule has 1 aromatic heterocycles. The van der Waals surface area contributed by atoms with Crippen molar-refractivity contribution in [1.29, 1.82) is 0 Å². The lowest BCUT2D eigenvalue weighted by atomic mass is 10.2. The lowest BCUT2D eigenvalue weighted by molar-refractivity contribution is 0.290. The molecular weight excluding hydrogens is 330 g/mol. The SMILES string of the molecule is CCN(C)C=Nc1cc(Br)c(OCCCC2CC2)nc1C. The van der Waals surface area contributed by atoms with Gasteiger partial charge in [0.15, 0.2) is 0 Å². The zero-order chi connectivity index (χ0) is 15.2. The van der Waals surface area contributed by atoms with Gasteiger partial charge in [-0.2, -0.15) is 0 Å². The van der Waals surface area contributed by atoms with Gasteiger partial charge in [0.25, 0.3) is 0 Å². The second-order valence-corrected chi connectivity index (χ2v) is 6.49. The quantitative estimate of drug-likeness (QED) is 0.396. The summed E-state index contributed by atoms with van der Waals surface area (Å²) in [7, 11) is 2.00. The third-order valence-corrected chi connectivity index (χ3v) is 4.26. The Balaban J connectivity index is 1.93. The van der Waals surface area contributed by atoms with Gasteiger partial charge in [0, 0.05) is 13.6 Å². The summed E-state index contributed by atoms with van der Waals surface area (Å²) >= 11 is 3.52. The van der Waals surface area contributed by atoms with Crippen molar-refractivity contribution in [2.45, 2.75) is 39.5 Å². The summed E-state index contributed by atoms with van der Waals surface area (Å²) in [6, 6.07) is 1.97. The van der Waals surface area contributed by atoms with Gasteiger partial charge >= 0.3 is 0 Å². The molecule has 116 valence electrons. The molecule has 1 aliphatic carbocycles. The van der Waals surface area contributed by atoms with E-state index < -0.39 is 0 Å². The van der Waals surface area contributed by atoms with Crippen LogP contribution in [-0.4, -0.2) is 36.4 Å². The van der Waals surface area contributed by atoms with E-state index in [1.54, 1.807) is 0 Å². The molecule has 0 unspecified atom stereocenters. The topological polar surface area (TPSA) is 37.7 Å². The molecule has 0 radical (unpaired) electrons. The number of rotatable bonds is 8. The Kier molecular flexibility index (Phi) is 6.03. The minimum Gasteiger partial charge on any atom is -0.477 e. The fourth-order valence-electron chi connectivity index (χ4n) is 1.97. The minimum absolute atomic E-state index is 0.672. The summed E-state index contributed by atoms with van der Waals surface area (Å²) in [4.78, 5) is 11.0. The molecule has 0 bridgehead atoms. The van der Waals surface area contributed by atoms with Gasteiger partial charge in [-0.1, -0.05) is 12.8 Å². The van der Waals surface area contributed by atoms with E-state index in [-0.39, 0.29) is 0 Å². The van der Waals surface area contributed by atoms with Crippen LogP contribution in [0.15, 0.2) is 15.5 Å². The molecule has 1 saturated carbocycles. The molecular formula is C16H24BrN3O. The van der Waals surface area contributed by atoms with Gasteiger partial charge in [-0.25, -0.2) is 9.98 Å². The van der Waals surface area contributed by atoms with Crippen LogP contribution in [0.1, 0.15) is 38.3 Å². The highest BCUT2D eigenvalue weighted by Gasteiger charge is 2.20. The molecule has 0 atom stereocenters. The summed E-state index contributed by atoms with van der Waals surface area (Å²) in [5.41, 5.74) is 1.75. The maximum Gasteiger partial charge on any atom is 0.228 e. The summed E-state index contributed by atoms with van der Waals surface area (Å²) in [6.07, 6.45) is 7.02. The van der Waals surface area contributed by atoms with E-state index >= 15 is 0 Å². The number of hydrogen-bond donors (Lipinski definition) is 0. The highest BCUT2D eigenvalue weighted by Crippen LogP contribution is 2.34. The van der Waals surface area contributed by atoms with Crippen molar-refractivity contribution in [3.8, 4) is 5.88 Å². The van der Waals surface area contributed by atoms with E-state index in [9.17, 15) is 0 Å². The first-order valence-electron chi connectivity index (χ1n) is 7.64. The Bertz CT molecular complexity index is 501. The Morgan fingerprint density at radius 2 is 2.29 bits per heavy atom. The number of aliphatic imine (C=N–C) groups is 1. The second kappa shape index (κ2) is 7.78. The van der Waals surface area contributed by atoms with Gasteiger partial charge < -0.3 is 9.64 Å². The first kappa shape index (κ1) is 16.3. The van der Waals surface area contributed by atoms with Crippen LogP contribution in [0.5, 0.6) is 5.88 Å². The first-order valence-corrected chi connectivity index (χ1v) is 8.43. The number of ether oxygens (including phenoxy) is 1. The molecule has 0 amide bonds. The van der Waals surface area contributed by atoms with Crippen molar-refractivity contribution in [3.05, 3.63) is 16.2 Å². The van der Waals surface area contributed by atoms with E-state index in [2.05, 4.69) is 32.8 Å². The number of aromatic nitrogens is 1. The standard InChI is InChI=1S/C16H24BrN3O/c1-4-20(3)11-18-15-10-14(17)16(19-12(15)2)21-9-5-6-13-7-8-13/h10-11,13H,4-9H2,1-3H3. The Morgan fingerprint density at radius 1 is 1.52 bits per heavy atom. The van der Waals surface area contributed by atoms with Crippen LogP contribution in [0.25, 0.3) is 0 Å². The molecule has 5 heteroatoms. The fourth-order valence-corrected chi connectivity index (χ4v) is 2.39. The van der Waals surface area contributed by atoms with Crippen LogP contribution in [0.3, 0.4) is 0 Å². The van der Waals surface area contributed by atoms with E-state index in [1.165, 1.54) is 19.3 Å². The largest absolute Gasteiger partial charge is 0.477 e. The van der Waals surface area contributed by atoms with Crippen molar-refractivity contribution in [1.82, 2.24) is 9.88 Å². The predicted octanol–water partition coefficient (Wildman–Crippen LogP) is 4.33. The van der Waals surface area contributed by atoms with E-state index in [4.69, 9.17) is 4.74 Å². The van der Waals surface area contributed by atoms with Gasteiger partial charge in [-0.05, 0) is 54.6 Å². The molecule has 0 saturated heterocycles. The lowest BCUT2D eigenvalue weighted by Gasteiger charge is -2.11. The van der Waals surface area contributed by atoms with Crippen LogP contribution in [-0.2, 0) is 0 Å². The molecule has 0 aromatic carbocycles. The summed E-state index contributed by atoms with van der Waals surface area (Å²) in [6.45, 7) is 5.72. The molecule has 21 heavy (non-hydrogen) atoms. The van der Waals surface area contributed by atoms with Crippen molar-refractivity contribution in [2.24, 2.45) is 10.9 Å². The second-order valence-electron chi connectivity index (χ2n) is 5.63. The van der Waals surface area contributed by atoms with Crippen LogP contribution in [0.4, 0.5) is 5.69 Å². The molecule has 0 N–H and O–H groups in total. The zero-order valence-corrected chi connectivity index (χ0v) is 14.7. The van der Waals surface area contributed by atoms with Crippen molar-refractivity contribution in [3.63, 3.8) is 0 Å². The molecule has 1 heterocycles. The maximum atomic E-state index is 5.78. The van der Waals surface area contributed by atoms with Crippen molar-refractivity contribution >= 4 is 28.0 Å². The highest BCUT2D eigenvalue weighted by atomic mass is 79.9. The Hall–Kier alpha value is -1.10. The molecule has 4 nitrogen and oxygen atoms in total.